The zero-order valence-corrected chi connectivity index (χ0v) is 14.0. The molecule has 1 aromatic carbocycles. The second kappa shape index (κ2) is 6.96. The van der Waals surface area contributed by atoms with Crippen molar-refractivity contribution >= 4 is 10.0 Å². The molecule has 1 fully saturated rings. The molecule has 7 nitrogen and oxygen atoms in total. The molecule has 1 aliphatic heterocycles. The average Bonchev–Trinajstić information content (AvgIpc) is 2.99. The quantitative estimate of drug-likeness (QED) is 0.814. The normalized spacial score (nSPS) is 19.5. The Morgan fingerprint density at radius 2 is 2.12 bits per heavy atom. The van der Waals surface area contributed by atoms with Gasteiger partial charge in [0.2, 0.25) is 10.0 Å². The number of ether oxygens (including phenoxy) is 1. The van der Waals surface area contributed by atoms with E-state index in [1.807, 2.05) is 0 Å². The van der Waals surface area contributed by atoms with Crippen LogP contribution in [-0.2, 0) is 21.4 Å². The van der Waals surface area contributed by atoms with E-state index in [0.29, 0.717) is 24.7 Å². The number of rotatable bonds is 5. The number of aryl methyl sites for hydroxylation is 1. The van der Waals surface area contributed by atoms with Crippen LogP contribution in [0.4, 0.5) is 4.39 Å². The molecule has 0 amide bonds. The third kappa shape index (κ3) is 3.80. The molecular weight excluding hydrogens is 337 g/mol. The average molecular weight is 355 g/mol. The predicted molar refractivity (Wildman–Crippen MR) is 82.0 cm³/mol. The van der Waals surface area contributed by atoms with Crippen LogP contribution in [0, 0.1) is 12.7 Å². The molecule has 1 atom stereocenters. The molecule has 1 aromatic heterocycles. The molecule has 0 N–H and O–H groups in total. The Morgan fingerprint density at radius 1 is 1.38 bits per heavy atom. The topological polar surface area (TPSA) is 85.5 Å². The van der Waals surface area contributed by atoms with Crippen LogP contribution >= 0.6 is 0 Å². The van der Waals surface area contributed by atoms with Gasteiger partial charge in [-0.25, -0.2) is 12.8 Å². The number of benzene rings is 1. The second-order valence-corrected chi connectivity index (χ2v) is 7.57. The molecule has 0 aliphatic carbocycles. The third-order valence-corrected chi connectivity index (χ3v) is 5.68. The Morgan fingerprint density at radius 3 is 2.79 bits per heavy atom. The van der Waals surface area contributed by atoms with Crippen LogP contribution in [0.15, 0.2) is 33.7 Å². The van der Waals surface area contributed by atoms with E-state index in [-0.39, 0.29) is 24.2 Å². The summed E-state index contributed by atoms with van der Waals surface area (Å²) in [5, 5.41) is 3.68. The standard InChI is InChI=1S/C15H18FN3O4S/c1-11-17-15(23-18-11)10-22-13-3-2-8-19(9-13)24(20,21)14-6-4-12(16)5-7-14/h4-7,13H,2-3,8-10H2,1H3. The van der Waals surface area contributed by atoms with Crippen LogP contribution in [0.25, 0.3) is 0 Å². The van der Waals surface area contributed by atoms with Gasteiger partial charge >= 0.3 is 0 Å². The lowest BCUT2D eigenvalue weighted by molar-refractivity contribution is -0.00296. The number of piperidine rings is 1. The first kappa shape index (κ1) is 17.0. The summed E-state index contributed by atoms with van der Waals surface area (Å²) in [6, 6.07) is 4.83. The molecule has 0 radical (unpaired) electrons. The summed E-state index contributed by atoms with van der Waals surface area (Å²) in [4.78, 5) is 4.13. The SMILES string of the molecule is Cc1noc(COC2CCCN(S(=O)(=O)c3ccc(F)cc3)C2)n1. The van der Waals surface area contributed by atoms with Gasteiger partial charge in [0.05, 0.1) is 11.0 Å². The van der Waals surface area contributed by atoms with Crippen LogP contribution in [-0.4, -0.2) is 42.1 Å². The van der Waals surface area contributed by atoms with E-state index < -0.39 is 15.8 Å². The molecule has 130 valence electrons. The monoisotopic (exact) mass is 355 g/mol. The van der Waals surface area contributed by atoms with Crippen molar-refractivity contribution in [2.45, 2.75) is 37.4 Å². The highest BCUT2D eigenvalue weighted by atomic mass is 32.2. The summed E-state index contributed by atoms with van der Waals surface area (Å²) in [7, 11) is -3.66. The van der Waals surface area contributed by atoms with Gasteiger partial charge in [-0.3, -0.25) is 0 Å². The molecular formula is C15H18FN3O4S. The smallest absolute Gasteiger partial charge is 0.252 e. The van der Waals surface area contributed by atoms with E-state index in [0.717, 1.165) is 18.6 Å². The van der Waals surface area contributed by atoms with Gasteiger partial charge in [-0.2, -0.15) is 9.29 Å². The van der Waals surface area contributed by atoms with Gasteiger partial charge < -0.3 is 9.26 Å². The van der Waals surface area contributed by atoms with Crippen LogP contribution in [0.3, 0.4) is 0 Å². The summed E-state index contributed by atoms with van der Waals surface area (Å²) in [5.74, 6) is 0.424. The highest BCUT2D eigenvalue weighted by Gasteiger charge is 2.30. The van der Waals surface area contributed by atoms with Gasteiger partial charge in [0, 0.05) is 13.1 Å². The minimum Gasteiger partial charge on any atom is -0.367 e. The maximum Gasteiger partial charge on any atom is 0.252 e. The summed E-state index contributed by atoms with van der Waals surface area (Å²) in [5.41, 5.74) is 0. The van der Waals surface area contributed by atoms with Crippen LogP contribution in [0.1, 0.15) is 24.6 Å². The van der Waals surface area contributed by atoms with Gasteiger partial charge in [0.25, 0.3) is 5.89 Å². The van der Waals surface area contributed by atoms with Crippen molar-refractivity contribution in [1.82, 2.24) is 14.4 Å². The molecule has 2 aromatic rings. The van der Waals surface area contributed by atoms with Gasteiger partial charge in [-0.1, -0.05) is 5.16 Å². The Kier molecular flexibility index (Phi) is 4.93. The maximum absolute atomic E-state index is 13.0. The minimum absolute atomic E-state index is 0.0806. The number of nitrogens with zero attached hydrogens (tertiary/aromatic N) is 3. The fraction of sp³-hybridized carbons (Fsp3) is 0.467. The summed E-state index contributed by atoms with van der Waals surface area (Å²) in [6.07, 6.45) is 1.19. The lowest BCUT2D eigenvalue weighted by atomic mass is 10.1. The van der Waals surface area contributed by atoms with Crippen molar-refractivity contribution in [3.05, 3.63) is 41.8 Å². The van der Waals surface area contributed by atoms with Crippen molar-refractivity contribution in [1.29, 1.82) is 0 Å². The van der Waals surface area contributed by atoms with E-state index in [9.17, 15) is 12.8 Å². The number of halogens is 1. The molecule has 3 rings (SSSR count). The van der Waals surface area contributed by atoms with Crippen LogP contribution in [0.5, 0.6) is 0 Å². The van der Waals surface area contributed by atoms with E-state index in [1.165, 1.54) is 16.4 Å². The lowest BCUT2D eigenvalue weighted by Crippen LogP contribution is -2.43. The van der Waals surface area contributed by atoms with Crippen LogP contribution in [0.2, 0.25) is 0 Å². The molecule has 0 spiro atoms. The Balaban J connectivity index is 1.65. The van der Waals surface area contributed by atoms with E-state index in [1.54, 1.807) is 6.92 Å². The number of aromatic nitrogens is 2. The largest absolute Gasteiger partial charge is 0.367 e. The summed E-state index contributed by atoms with van der Waals surface area (Å²) >= 11 is 0. The van der Waals surface area contributed by atoms with Gasteiger partial charge in [-0.15, -0.1) is 0 Å². The van der Waals surface area contributed by atoms with E-state index in [2.05, 4.69) is 10.1 Å². The van der Waals surface area contributed by atoms with E-state index >= 15 is 0 Å². The number of hydrogen-bond donors (Lipinski definition) is 0. The third-order valence-electron chi connectivity index (χ3n) is 3.80. The molecule has 2 heterocycles. The molecule has 1 unspecified atom stereocenters. The van der Waals surface area contributed by atoms with Gasteiger partial charge in [0.15, 0.2) is 5.82 Å². The fourth-order valence-corrected chi connectivity index (χ4v) is 4.11. The lowest BCUT2D eigenvalue weighted by Gasteiger charge is -2.31. The van der Waals surface area contributed by atoms with Crippen LogP contribution < -0.4 is 0 Å². The van der Waals surface area contributed by atoms with Gasteiger partial charge in [-0.05, 0) is 44.0 Å². The number of sulfonamides is 1. The van der Waals surface area contributed by atoms with Crippen molar-refractivity contribution in [2.75, 3.05) is 13.1 Å². The molecule has 1 saturated heterocycles. The summed E-state index contributed by atoms with van der Waals surface area (Å²) in [6.45, 7) is 2.52. The fourth-order valence-electron chi connectivity index (χ4n) is 2.60. The minimum atomic E-state index is -3.66. The molecule has 9 heteroatoms. The van der Waals surface area contributed by atoms with Crippen molar-refractivity contribution in [3.8, 4) is 0 Å². The van der Waals surface area contributed by atoms with Crippen molar-refractivity contribution in [3.63, 3.8) is 0 Å². The molecule has 0 bridgehead atoms. The van der Waals surface area contributed by atoms with Crippen molar-refractivity contribution in [2.24, 2.45) is 0 Å². The maximum atomic E-state index is 13.0. The Labute approximate surface area is 139 Å². The van der Waals surface area contributed by atoms with Gasteiger partial charge in [0.1, 0.15) is 12.4 Å². The summed E-state index contributed by atoms with van der Waals surface area (Å²) < 4.78 is 50.3. The predicted octanol–water partition coefficient (Wildman–Crippen LogP) is 1.89. The van der Waals surface area contributed by atoms with E-state index in [4.69, 9.17) is 9.26 Å². The number of hydrogen-bond acceptors (Lipinski definition) is 6. The Bertz CT molecular complexity index is 791. The first-order chi connectivity index (χ1) is 11.4. The first-order valence-corrected chi connectivity index (χ1v) is 9.05. The Hall–Kier alpha value is -1.84. The highest BCUT2D eigenvalue weighted by Crippen LogP contribution is 2.22. The molecule has 0 saturated carbocycles. The zero-order chi connectivity index (χ0) is 17.2. The highest BCUT2D eigenvalue weighted by molar-refractivity contribution is 7.89. The first-order valence-electron chi connectivity index (χ1n) is 7.61. The van der Waals surface area contributed by atoms with Crippen molar-refractivity contribution < 1.29 is 22.1 Å². The zero-order valence-electron chi connectivity index (χ0n) is 13.2. The second-order valence-electron chi connectivity index (χ2n) is 5.63. The molecule has 1 aliphatic rings. The molecule has 24 heavy (non-hydrogen) atoms.